The van der Waals surface area contributed by atoms with Crippen molar-refractivity contribution in [3.8, 4) is 0 Å². The summed E-state index contributed by atoms with van der Waals surface area (Å²) in [7, 11) is 4.31. The van der Waals surface area contributed by atoms with Crippen LogP contribution in [0.2, 0.25) is 11.1 Å². The van der Waals surface area contributed by atoms with E-state index in [1.165, 1.54) is 0 Å². The monoisotopic (exact) mass is 324 g/mol. The molecule has 1 fully saturated rings. The zero-order chi connectivity index (χ0) is 15.6. The molecule has 0 N–H and O–H groups in total. The Kier molecular flexibility index (Phi) is 6.36. The van der Waals surface area contributed by atoms with Crippen molar-refractivity contribution in [2.24, 2.45) is 11.8 Å². The van der Waals surface area contributed by atoms with Crippen LogP contribution in [-0.4, -0.2) is 60.3 Å². The molecule has 4 atom stereocenters. The van der Waals surface area contributed by atoms with Crippen molar-refractivity contribution in [2.45, 2.75) is 24.9 Å². The van der Waals surface area contributed by atoms with Crippen molar-refractivity contribution in [3.05, 3.63) is 0 Å². The van der Waals surface area contributed by atoms with E-state index in [2.05, 4.69) is 13.8 Å². The van der Waals surface area contributed by atoms with Crippen LogP contribution in [0.15, 0.2) is 0 Å². The lowest BCUT2D eigenvalue weighted by Gasteiger charge is -2.56. The predicted octanol–water partition coefficient (Wildman–Crippen LogP) is 1.77. The highest BCUT2D eigenvalue weighted by molar-refractivity contribution is 6.69. The fourth-order valence-electron chi connectivity index (χ4n) is 3.56. The lowest BCUT2D eigenvalue weighted by molar-refractivity contribution is 0.0194. The molecule has 0 spiro atoms. The molecule has 0 bridgehead atoms. The molecule has 1 rings (SSSR count). The molecule has 1 saturated carbocycles. The van der Waals surface area contributed by atoms with Crippen LogP contribution in [-0.2, 0) is 26.6 Å². The van der Waals surface area contributed by atoms with Gasteiger partial charge < -0.3 is 26.6 Å². The van der Waals surface area contributed by atoms with E-state index in [0.29, 0.717) is 11.8 Å². The molecule has 20 heavy (non-hydrogen) atoms. The summed E-state index contributed by atoms with van der Waals surface area (Å²) < 4.78 is 34.0. The number of rotatable bonds is 8. The summed E-state index contributed by atoms with van der Waals surface area (Å²) in [5.41, 5.74) is 0.230. The van der Waals surface area contributed by atoms with Gasteiger partial charge in [0, 0.05) is 53.7 Å². The highest BCUT2D eigenvalue weighted by Gasteiger charge is 2.71. The van der Waals surface area contributed by atoms with Gasteiger partial charge in [-0.3, -0.25) is 0 Å². The average molecular weight is 325 g/mol. The third-order valence-corrected chi connectivity index (χ3v) is 12.0. The third-order valence-electron chi connectivity index (χ3n) is 4.87. The van der Waals surface area contributed by atoms with Crippen LogP contribution in [0.3, 0.4) is 0 Å². The Balaban J connectivity index is 3.17. The minimum atomic E-state index is -2.77. The predicted molar refractivity (Wildman–Crippen MR) is 79.4 cm³/mol. The molecule has 0 amide bonds. The summed E-state index contributed by atoms with van der Waals surface area (Å²) in [5, 5.41) is 0. The molecule has 0 aromatic rings. The third kappa shape index (κ3) is 2.52. The Hall–Kier alpha value is 0.194. The van der Waals surface area contributed by atoms with Gasteiger partial charge in [-0.2, -0.15) is 0 Å². The van der Waals surface area contributed by atoms with Crippen LogP contribution in [0.25, 0.3) is 0 Å². The molecule has 1 aliphatic carbocycles. The van der Waals surface area contributed by atoms with E-state index in [-0.39, 0.29) is 11.1 Å². The SMILES string of the molecule is CO[Si](OC)(OC)C1C(C)C(C)C1[Si](OC)(OC)OC. The van der Waals surface area contributed by atoms with E-state index in [4.69, 9.17) is 26.6 Å². The molecule has 6 nitrogen and oxygen atoms in total. The summed E-state index contributed by atoms with van der Waals surface area (Å²) in [6, 6.07) is 0. The fraction of sp³-hybridized carbons (Fsp3) is 1.00. The first-order chi connectivity index (χ1) is 9.43. The maximum atomic E-state index is 5.67. The first-order valence-electron chi connectivity index (χ1n) is 6.74. The number of hydrogen-bond donors (Lipinski definition) is 0. The maximum Gasteiger partial charge on any atom is 0.503 e. The summed E-state index contributed by atoms with van der Waals surface area (Å²) in [6.07, 6.45) is 0. The van der Waals surface area contributed by atoms with Crippen LogP contribution in [0.1, 0.15) is 13.8 Å². The van der Waals surface area contributed by atoms with Crippen molar-refractivity contribution < 1.29 is 26.6 Å². The fourth-order valence-corrected chi connectivity index (χ4v) is 10.8. The van der Waals surface area contributed by atoms with Crippen LogP contribution in [0.4, 0.5) is 0 Å². The molecule has 4 unspecified atom stereocenters. The van der Waals surface area contributed by atoms with Gasteiger partial charge in [-0.1, -0.05) is 13.8 Å². The summed E-state index contributed by atoms with van der Waals surface area (Å²) in [4.78, 5) is 0. The van der Waals surface area contributed by atoms with Crippen molar-refractivity contribution in [2.75, 3.05) is 42.7 Å². The largest absolute Gasteiger partial charge is 0.503 e. The van der Waals surface area contributed by atoms with Gasteiger partial charge in [0.15, 0.2) is 0 Å². The van der Waals surface area contributed by atoms with Crippen LogP contribution < -0.4 is 0 Å². The Labute approximate surface area is 124 Å². The molecule has 0 aromatic heterocycles. The van der Waals surface area contributed by atoms with E-state index < -0.39 is 17.6 Å². The van der Waals surface area contributed by atoms with Crippen molar-refractivity contribution in [1.82, 2.24) is 0 Å². The molecule has 120 valence electrons. The van der Waals surface area contributed by atoms with E-state index >= 15 is 0 Å². The Morgan fingerprint density at radius 1 is 0.500 bits per heavy atom. The van der Waals surface area contributed by atoms with Crippen molar-refractivity contribution >= 4 is 17.6 Å². The molecular formula is C12H28O6Si2. The highest BCUT2D eigenvalue weighted by atomic mass is 28.4. The molecule has 1 aliphatic rings. The Morgan fingerprint density at radius 2 is 0.700 bits per heavy atom. The van der Waals surface area contributed by atoms with E-state index in [9.17, 15) is 0 Å². The molecule has 0 aliphatic heterocycles. The van der Waals surface area contributed by atoms with Gasteiger partial charge in [0.05, 0.1) is 0 Å². The highest BCUT2D eigenvalue weighted by Crippen LogP contribution is 2.63. The van der Waals surface area contributed by atoms with Gasteiger partial charge in [0.25, 0.3) is 0 Å². The van der Waals surface area contributed by atoms with Gasteiger partial charge >= 0.3 is 17.6 Å². The van der Waals surface area contributed by atoms with Crippen molar-refractivity contribution in [1.29, 1.82) is 0 Å². The second-order valence-corrected chi connectivity index (χ2v) is 11.4. The molecule has 0 saturated heterocycles. The van der Waals surface area contributed by atoms with E-state index in [0.717, 1.165) is 0 Å². The molecule has 0 heterocycles. The van der Waals surface area contributed by atoms with Gasteiger partial charge in [-0.05, 0) is 11.8 Å². The minimum absolute atomic E-state index is 0.115. The molecule has 8 heteroatoms. The topological polar surface area (TPSA) is 55.4 Å². The Bertz CT molecular complexity index is 262. The molecule has 0 aromatic carbocycles. The molecular weight excluding hydrogens is 296 g/mol. The van der Waals surface area contributed by atoms with Gasteiger partial charge in [-0.15, -0.1) is 0 Å². The zero-order valence-electron chi connectivity index (χ0n) is 13.8. The minimum Gasteiger partial charge on any atom is -0.377 e. The maximum absolute atomic E-state index is 5.67. The summed E-state index contributed by atoms with van der Waals surface area (Å²) in [5.74, 6) is 0.803. The van der Waals surface area contributed by atoms with Gasteiger partial charge in [-0.25, -0.2) is 0 Å². The van der Waals surface area contributed by atoms with Crippen LogP contribution in [0.5, 0.6) is 0 Å². The quantitative estimate of drug-likeness (QED) is 0.634. The second-order valence-electron chi connectivity index (χ2n) is 5.20. The lowest BCUT2D eigenvalue weighted by atomic mass is 9.75. The van der Waals surface area contributed by atoms with Crippen LogP contribution in [0, 0.1) is 11.8 Å². The van der Waals surface area contributed by atoms with Crippen LogP contribution >= 0.6 is 0 Å². The standard InChI is InChI=1S/C12H28O6Si2/c1-9-10(2)12(20(16-6,17-7)18-8)11(9)19(13-3,14-4)15-5/h9-12H,1-8H3. The summed E-state index contributed by atoms with van der Waals surface area (Å²) in [6.45, 7) is 4.37. The average Bonchev–Trinajstić information content (AvgIpc) is 2.52. The first-order valence-corrected chi connectivity index (χ1v) is 10.3. The van der Waals surface area contributed by atoms with Gasteiger partial charge in [0.1, 0.15) is 0 Å². The van der Waals surface area contributed by atoms with Gasteiger partial charge in [0.2, 0.25) is 0 Å². The Morgan fingerprint density at radius 3 is 0.850 bits per heavy atom. The zero-order valence-corrected chi connectivity index (χ0v) is 15.8. The lowest BCUT2D eigenvalue weighted by Crippen LogP contribution is -2.66. The normalized spacial score (nSPS) is 31.2. The smallest absolute Gasteiger partial charge is 0.377 e. The van der Waals surface area contributed by atoms with E-state index in [1.54, 1.807) is 42.7 Å². The van der Waals surface area contributed by atoms with E-state index in [1.807, 2.05) is 0 Å². The molecule has 0 radical (unpaired) electrons. The van der Waals surface area contributed by atoms with Crippen molar-refractivity contribution in [3.63, 3.8) is 0 Å². The summed E-state index contributed by atoms with van der Waals surface area (Å²) >= 11 is 0. The first kappa shape index (κ1) is 18.2. The number of hydrogen-bond acceptors (Lipinski definition) is 6. The second kappa shape index (κ2) is 6.97.